The Balaban J connectivity index is 1.73. The van der Waals surface area contributed by atoms with E-state index >= 15 is 0 Å². The minimum Gasteiger partial charge on any atom is -0.348 e. The predicted molar refractivity (Wildman–Crippen MR) is 109 cm³/mol. The number of carbonyl (C=O) groups excluding carboxylic acids is 2. The van der Waals surface area contributed by atoms with Gasteiger partial charge in [-0.3, -0.25) is 9.59 Å². The molecule has 1 aromatic heterocycles. The Morgan fingerprint density at radius 1 is 0.964 bits per heavy atom. The average Bonchev–Trinajstić information content (AvgIpc) is 3.23. The highest BCUT2D eigenvalue weighted by Gasteiger charge is 2.24. The van der Waals surface area contributed by atoms with Gasteiger partial charge in [-0.05, 0) is 41.6 Å². The van der Waals surface area contributed by atoms with Crippen LogP contribution in [0.1, 0.15) is 33.8 Å². The maximum Gasteiger partial charge on any atom is 0.262 e. The Hall–Kier alpha value is -2.99. The molecule has 3 rings (SSSR count). The fourth-order valence-corrected chi connectivity index (χ4v) is 3.47. The molecule has 4 nitrogen and oxygen atoms in total. The molecule has 2 N–H and O–H groups in total. The first-order valence-electron chi connectivity index (χ1n) is 8.97. The van der Waals surface area contributed by atoms with Gasteiger partial charge >= 0.3 is 0 Å². The predicted octanol–water partition coefficient (Wildman–Crippen LogP) is 4.11. The summed E-state index contributed by atoms with van der Waals surface area (Å²) < 4.78 is 13.1. The fraction of sp³-hybridized carbons (Fsp3) is 0.182. The molecule has 0 bridgehead atoms. The van der Waals surface area contributed by atoms with E-state index < -0.39 is 6.04 Å². The van der Waals surface area contributed by atoms with Crippen molar-refractivity contribution < 1.29 is 14.0 Å². The van der Waals surface area contributed by atoms with Crippen molar-refractivity contribution >= 4 is 23.2 Å². The number of nitrogens with one attached hydrogen (secondary N) is 2. The van der Waals surface area contributed by atoms with Crippen molar-refractivity contribution in [3.05, 3.63) is 93.9 Å². The molecule has 0 saturated heterocycles. The number of benzene rings is 2. The van der Waals surface area contributed by atoms with E-state index in [1.54, 1.807) is 24.3 Å². The van der Waals surface area contributed by atoms with Crippen molar-refractivity contribution in [2.24, 2.45) is 0 Å². The van der Waals surface area contributed by atoms with Gasteiger partial charge in [0.1, 0.15) is 11.9 Å². The van der Waals surface area contributed by atoms with Crippen molar-refractivity contribution in [2.75, 3.05) is 0 Å². The normalized spacial score (nSPS) is 12.8. The molecular weight excluding hydrogens is 375 g/mol. The van der Waals surface area contributed by atoms with Crippen LogP contribution in [0.2, 0.25) is 0 Å². The van der Waals surface area contributed by atoms with Gasteiger partial charge in [0.05, 0.1) is 10.9 Å². The van der Waals surface area contributed by atoms with Crippen molar-refractivity contribution in [3.8, 4) is 0 Å². The maximum absolute atomic E-state index is 13.1. The quantitative estimate of drug-likeness (QED) is 0.632. The zero-order chi connectivity index (χ0) is 19.9. The lowest BCUT2D eigenvalue weighted by molar-refractivity contribution is -0.123. The summed E-state index contributed by atoms with van der Waals surface area (Å²) in [5, 5.41) is 7.56. The van der Waals surface area contributed by atoms with E-state index in [0.29, 0.717) is 11.3 Å². The molecule has 6 heteroatoms. The van der Waals surface area contributed by atoms with Crippen molar-refractivity contribution in [3.63, 3.8) is 0 Å². The van der Waals surface area contributed by atoms with Crippen molar-refractivity contribution in [1.82, 2.24) is 10.6 Å². The Morgan fingerprint density at radius 3 is 2.32 bits per heavy atom. The van der Waals surface area contributed by atoms with Crippen LogP contribution in [0.25, 0.3) is 0 Å². The molecule has 0 aliphatic carbocycles. The largest absolute Gasteiger partial charge is 0.348 e. The number of rotatable bonds is 7. The van der Waals surface area contributed by atoms with E-state index in [1.165, 1.54) is 23.5 Å². The summed E-state index contributed by atoms with van der Waals surface area (Å²) >= 11 is 1.32. The van der Waals surface area contributed by atoms with Crippen LogP contribution in [0, 0.1) is 5.82 Å². The van der Waals surface area contributed by atoms with Gasteiger partial charge in [0.15, 0.2) is 0 Å². The van der Waals surface area contributed by atoms with Crippen LogP contribution >= 0.6 is 11.3 Å². The van der Waals surface area contributed by atoms with E-state index in [2.05, 4.69) is 10.6 Å². The second-order valence-corrected chi connectivity index (χ2v) is 7.42. The van der Waals surface area contributed by atoms with Gasteiger partial charge in [0, 0.05) is 6.42 Å². The monoisotopic (exact) mass is 396 g/mol. The molecule has 2 aromatic carbocycles. The summed E-state index contributed by atoms with van der Waals surface area (Å²) in [6.07, 6.45) is 0.375. The van der Waals surface area contributed by atoms with Gasteiger partial charge in [-0.1, -0.05) is 48.5 Å². The van der Waals surface area contributed by atoms with E-state index in [9.17, 15) is 14.0 Å². The number of thiophene rings is 1. The first-order chi connectivity index (χ1) is 13.5. The molecule has 144 valence electrons. The Labute approximate surface area is 167 Å². The lowest BCUT2D eigenvalue weighted by Gasteiger charge is -2.21. The van der Waals surface area contributed by atoms with Gasteiger partial charge in [-0.15, -0.1) is 11.3 Å². The zero-order valence-corrected chi connectivity index (χ0v) is 16.2. The number of hydrogen-bond donors (Lipinski definition) is 2. The van der Waals surface area contributed by atoms with Crippen LogP contribution in [0.3, 0.4) is 0 Å². The Morgan fingerprint density at radius 2 is 1.68 bits per heavy atom. The smallest absolute Gasteiger partial charge is 0.262 e. The lowest BCUT2D eigenvalue weighted by atomic mass is 10.0. The molecule has 28 heavy (non-hydrogen) atoms. The van der Waals surface area contributed by atoms with Gasteiger partial charge in [0.2, 0.25) is 5.91 Å². The minimum atomic E-state index is -0.722. The first-order valence-corrected chi connectivity index (χ1v) is 9.85. The summed E-state index contributed by atoms with van der Waals surface area (Å²) in [6, 6.07) is 18.0. The number of carbonyl (C=O) groups is 2. The lowest BCUT2D eigenvalue weighted by Crippen LogP contribution is -2.48. The van der Waals surface area contributed by atoms with Gasteiger partial charge in [-0.25, -0.2) is 4.39 Å². The second kappa shape index (κ2) is 9.28. The van der Waals surface area contributed by atoms with Crippen molar-refractivity contribution in [2.45, 2.75) is 25.4 Å². The van der Waals surface area contributed by atoms with Gasteiger partial charge in [0.25, 0.3) is 5.91 Å². The summed E-state index contributed by atoms with van der Waals surface area (Å²) in [7, 11) is 0. The molecule has 2 amide bonds. The molecule has 0 radical (unpaired) electrons. The average molecular weight is 396 g/mol. The second-order valence-electron chi connectivity index (χ2n) is 6.47. The van der Waals surface area contributed by atoms with E-state index in [-0.39, 0.29) is 23.7 Å². The standard InChI is InChI=1S/C22H21FN2O2S/c1-15(17-9-11-18(23)12-10-17)24-21(26)19(14-16-6-3-2-4-7-16)25-22(27)20-8-5-13-28-20/h2-13,15,19H,14H2,1H3,(H,24,26)(H,25,27). The molecule has 0 aliphatic heterocycles. The third-order valence-electron chi connectivity index (χ3n) is 4.38. The molecular formula is C22H21FN2O2S. The van der Waals surface area contributed by atoms with E-state index in [1.807, 2.05) is 42.6 Å². The van der Waals surface area contributed by atoms with Crippen LogP contribution in [0.5, 0.6) is 0 Å². The van der Waals surface area contributed by atoms with Crippen molar-refractivity contribution in [1.29, 1.82) is 0 Å². The molecule has 0 fully saturated rings. The highest BCUT2D eigenvalue weighted by atomic mass is 32.1. The number of hydrogen-bond acceptors (Lipinski definition) is 3. The molecule has 3 aromatic rings. The zero-order valence-electron chi connectivity index (χ0n) is 15.4. The minimum absolute atomic E-state index is 0.277. The topological polar surface area (TPSA) is 58.2 Å². The van der Waals surface area contributed by atoms with Gasteiger partial charge in [-0.2, -0.15) is 0 Å². The maximum atomic E-state index is 13.1. The van der Waals surface area contributed by atoms with Gasteiger partial charge < -0.3 is 10.6 Å². The molecule has 0 saturated carbocycles. The summed E-state index contributed by atoms with van der Waals surface area (Å²) in [5.74, 6) is -0.890. The van der Waals surface area contributed by atoms with Crippen LogP contribution in [-0.4, -0.2) is 17.9 Å². The molecule has 1 heterocycles. The SMILES string of the molecule is CC(NC(=O)C(Cc1ccccc1)NC(=O)c1cccs1)c1ccc(F)cc1. The summed E-state index contributed by atoms with van der Waals surface area (Å²) in [5.41, 5.74) is 1.74. The molecule has 2 atom stereocenters. The fourth-order valence-electron chi connectivity index (χ4n) is 2.84. The Kier molecular flexibility index (Phi) is 6.55. The van der Waals surface area contributed by atoms with Crippen LogP contribution in [0.4, 0.5) is 4.39 Å². The number of amides is 2. The highest BCUT2D eigenvalue weighted by molar-refractivity contribution is 7.12. The summed E-state index contributed by atoms with van der Waals surface area (Å²) in [6.45, 7) is 1.83. The molecule has 0 spiro atoms. The first kappa shape index (κ1) is 19.8. The third-order valence-corrected chi connectivity index (χ3v) is 5.25. The van der Waals surface area contributed by atoms with E-state index in [0.717, 1.165) is 11.1 Å². The molecule has 2 unspecified atom stereocenters. The highest BCUT2D eigenvalue weighted by Crippen LogP contribution is 2.14. The van der Waals surface area contributed by atoms with E-state index in [4.69, 9.17) is 0 Å². The Bertz CT molecular complexity index is 911. The number of halogens is 1. The van der Waals surface area contributed by atoms with Crippen LogP contribution < -0.4 is 10.6 Å². The van der Waals surface area contributed by atoms with Crippen LogP contribution in [0.15, 0.2) is 72.1 Å². The van der Waals surface area contributed by atoms with Crippen LogP contribution in [-0.2, 0) is 11.2 Å². The third kappa shape index (κ3) is 5.27. The molecule has 0 aliphatic rings. The summed E-state index contributed by atoms with van der Waals surface area (Å²) in [4.78, 5) is 25.9.